The van der Waals surface area contributed by atoms with Gasteiger partial charge in [-0.3, -0.25) is 0 Å². The maximum atomic E-state index is 11.6. The number of fused-ring (bicyclic) bond motifs is 1. The third kappa shape index (κ3) is 4.77. The second-order valence-corrected chi connectivity index (χ2v) is 4.89. The van der Waals surface area contributed by atoms with Gasteiger partial charge in [0, 0.05) is 24.9 Å². The van der Waals surface area contributed by atoms with Crippen LogP contribution in [0.5, 0.6) is 0 Å². The smallest absolute Gasteiger partial charge is 0.315 e. The van der Waals surface area contributed by atoms with Gasteiger partial charge < -0.3 is 25.5 Å². The van der Waals surface area contributed by atoms with Crippen LogP contribution in [0.3, 0.4) is 0 Å². The quantitative estimate of drug-likeness (QED) is 0.621. The molecule has 2 rings (SSSR count). The van der Waals surface area contributed by atoms with Gasteiger partial charge >= 0.3 is 6.03 Å². The lowest BCUT2D eigenvalue weighted by atomic mass is 10.2. The van der Waals surface area contributed by atoms with E-state index in [2.05, 4.69) is 15.6 Å². The maximum absolute atomic E-state index is 11.6. The molecule has 0 saturated heterocycles. The summed E-state index contributed by atoms with van der Waals surface area (Å²) in [6.07, 6.45) is -0.0859. The summed E-state index contributed by atoms with van der Waals surface area (Å²) in [6.45, 7) is 1.11. The Hall–Kier alpha value is -2.05. The number of nitrogens with one attached hydrogen (secondary N) is 3. The molecule has 2 amide bonds. The molecule has 1 unspecified atom stereocenters. The van der Waals surface area contributed by atoms with Crippen LogP contribution in [0.2, 0.25) is 0 Å². The molecule has 0 bridgehead atoms. The first-order chi connectivity index (χ1) is 10.2. The van der Waals surface area contributed by atoms with Crippen molar-refractivity contribution in [2.24, 2.45) is 0 Å². The number of hydrogen-bond acceptors (Lipinski definition) is 3. The number of aromatic nitrogens is 1. The number of benzene rings is 1. The molecule has 1 aromatic heterocycles. The summed E-state index contributed by atoms with van der Waals surface area (Å²) >= 11 is 0. The maximum Gasteiger partial charge on any atom is 0.315 e. The van der Waals surface area contributed by atoms with E-state index < -0.39 is 6.10 Å². The highest BCUT2D eigenvalue weighted by Crippen LogP contribution is 2.14. The fourth-order valence-corrected chi connectivity index (χ4v) is 2.09. The van der Waals surface area contributed by atoms with E-state index in [-0.39, 0.29) is 12.6 Å². The van der Waals surface area contributed by atoms with Crippen LogP contribution in [-0.4, -0.2) is 42.5 Å². The highest BCUT2D eigenvalue weighted by molar-refractivity contribution is 5.80. The number of carbonyl (C=O) groups is 1. The van der Waals surface area contributed by atoms with E-state index in [1.165, 1.54) is 7.11 Å². The zero-order valence-electron chi connectivity index (χ0n) is 12.1. The molecule has 114 valence electrons. The molecule has 1 heterocycles. The summed E-state index contributed by atoms with van der Waals surface area (Å²) in [4.78, 5) is 14.9. The van der Waals surface area contributed by atoms with Gasteiger partial charge in [-0.05, 0) is 23.9 Å². The Morgan fingerprint density at radius 2 is 2.19 bits per heavy atom. The van der Waals surface area contributed by atoms with Gasteiger partial charge in [0.1, 0.15) is 0 Å². The van der Waals surface area contributed by atoms with E-state index in [0.29, 0.717) is 19.5 Å². The van der Waals surface area contributed by atoms with Crippen LogP contribution in [-0.2, 0) is 11.3 Å². The topological polar surface area (TPSA) is 86.4 Å². The van der Waals surface area contributed by atoms with E-state index in [4.69, 9.17) is 4.74 Å². The van der Waals surface area contributed by atoms with Crippen molar-refractivity contribution in [3.05, 3.63) is 36.0 Å². The van der Waals surface area contributed by atoms with Crippen molar-refractivity contribution < 1.29 is 14.6 Å². The van der Waals surface area contributed by atoms with E-state index >= 15 is 0 Å². The number of methoxy groups -OCH3 is 1. The first-order valence-electron chi connectivity index (χ1n) is 6.94. The van der Waals surface area contributed by atoms with Gasteiger partial charge in [-0.2, -0.15) is 0 Å². The molecule has 0 aliphatic heterocycles. The molecule has 0 spiro atoms. The Labute approximate surface area is 123 Å². The number of aliphatic hydroxyl groups excluding tert-OH is 1. The number of aromatic amines is 1. The zero-order chi connectivity index (χ0) is 15.1. The lowest BCUT2D eigenvalue weighted by molar-refractivity contribution is 0.0598. The minimum absolute atomic E-state index is 0.252. The summed E-state index contributed by atoms with van der Waals surface area (Å²) in [5, 5.41) is 16.0. The molecule has 21 heavy (non-hydrogen) atoms. The number of ether oxygens (including phenoxy) is 1. The molecular formula is C15H21N3O3. The Balaban J connectivity index is 1.71. The zero-order valence-corrected chi connectivity index (χ0v) is 12.1. The molecule has 6 heteroatoms. The fraction of sp³-hybridized carbons (Fsp3) is 0.400. The van der Waals surface area contributed by atoms with Gasteiger partial charge in [-0.1, -0.05) is 18.2 Å². The molecule has 6 nitrogen and oxygen atoms in total. The lowest BCUT2D eigenvalue weighted by Crippen LogP contribution is -2.37. The second-order valence-electron chi connectivity index (χ2n) is 4.89. The summed E-state index contributed by atoms with van der Waals surface area (Å²) in [5.74, 6) is 0. The number of aliphatic hydroxyl groups is 1. The van der Waals surface area contributed by atoms with E-state index in [1.54, 1.807) is 0 Å². The van der Waals surface area contributed by atoms with Gasteiger partial charge in [-0.25, -0.2) is 4.79 Å². The number of carbonyl (C=O) groups excluding carboxylic acids is 1. The van der Waals surface area contributed by atoms with Crippen LogP contribution in [0.4, 0.5) is 4.79 Å². The van der Waals surface area contributed by atoms with Gasteiger partial charge in [0.25, 0.3) is 0 Å². The largest absolute Gasteiger partial charge is 0.391 e. The van der Waals surface area contributed by atoms with E-state index in [9.17, 15) is 9.90 Å². The molecule has 0 aliphatic rings. The molecule has 1 atom stereocenters. The van der Waals surface area contributed by atoms with Crippen molar-refractivity contribution in [2.75, 3.05) is 20.3 Å². The summed E-state index contributed by atoms with van der Waals surface area (Å²) in [5.41, 5.74) is 2.00. The van der Waals surface area contributed by atoms with Crippen LogP contribution in [0.1, 0.15) is 12.1 Å². The van der Waals surface area contributed by atoms with Gasteiger partial charge in [0.05, 0.1) is 19.3 Å². The highest BCUT2D eigenvalue weighted by Gasteiger charge is 2.06. The lowest BCUT2D eigenvalue weighted by Gasteiger charge is -2.10. The van der Waals surface area contributed by atoms with Crippen molar-refractivity contribution in [3.8, 4) is 0 Å². The monoisotopic (exact) mass is 291 g/mol. The molecule has 4 N–H and O–H groups in total. The number of H-pyrrole nitrogens is 1. The average Bonchev–Trinajstić information content (AvgIpc) is 2.88. The molecular weight excluding hydrogens is 270 g/mol. The third-order valence-corrected chi connectivity index (χ3v) is 3.15. The number of urea groups is 1. The van der Waals surface area contributed by atoms with Gasteiger partial charge in [-0.15, -0.1) is 0 Å². The minimum Gasteiger partial charge on any atom is -0.391 e. The first-order valence-corrected chi connectivity index (χ1v) is 6.94. The van der Waals surface area contributed by atoms with Crippen molar-refractivity contribution in [1.29, 1.82) is 0 Å². The Morgan fingerprint density at radius 3 is 2.95 bits per heavy atom. The Kier molecular flexibility index (Phi) is 5.59. The number of hydrogen-bond donors (Lipinski definition) is 4. The Morgan fingerprint density at radius 1 is 1.38 bits per heavy atom. The Bertz CT molecular complexity index is 549. The first kappa shape index (κ1) is 15.3. The normalized spacial score (nSPS) is 12.3. The summed E-state index contributed by atoms with van der Waals surface area (Å²) < 4.78 is 4.81. The summed E-state index contributed by atoms with van der Waals surface area (Å²) in [6, 6.07) is 9.72. The SMILES string of the molecule is COCC(O)CCNC(=O)NCc1cc2ccccc2[nH]1. The molecule has 0 fully saturated rings. The molecule has 0 aliphatic carbocycles. The standard InChI is InChI=1S/C15H21N3O3/c1-21-10-13(19)6-7-16-15(20)17-9-12-8-11-4-2-3-5-14(11)18-12/h2-5,8,13,18-19H,6-7,9-10H2,1H3,(H2,16,17,20). The van der Waals surface area contributed by atoms with Crippen LogP contribution >= 0.6 is 0 Å². The van der Waals surface area contributed by atoms with E-state index in [1.807, 2.05) is 30.3 Å². The average molecular weight is 291 g/mol. The molecule has 0 saturated carbocycles. The van der Waals surface area contributed by atoms with Crippen molar-refractivity contribution in [1.82, 2.24) is 15.6 Å². The van der Waals surface area contributed by atoms with Crippen molar-refractivity contribution >= 4 is 16.9 Å². The second kappa shape index (κ2) is 7.66. The number of para-hydroxylation sites is 1. The highest BCUT2D eigenvalue weighted by atomic mass is 16.5. The molecule has 0 radical (unpaired) electrons. The van der Waals surface area contributed by atoms with Crippen molar-refractivity contribution in [2.45, 2.75) is 19.1 Å². The third-order valence-electron chi connectivity index (χ3n) is 3.15. The molecule has 1 aromatic carbocycles. The fourth-order valence-electron chi connectivity index (χ4n) is 2.09. The van der Waals surface area contributed by atoms with E-state index in [0.717, 1.165) is 16.6 Å². The van der Waals surface area contributed by atoms with Gasteiger partial charge in [0.15, 0.2) is 0 Å². The van der Waals surface area contributed by atoms with Crippen LogP contribution < -0.4 is 10.6 Å². The molecule has 2 aromatic rings. The van der Waals surface area contributed by atoms with Crippen LogP contribution in [0, 0.1) is 0 Å². The van der Waals surface area contributed by atoms with Crippen LogP contribution in [0.15, 0.2) is 30.3 Å². The van der Waals surface area contributed by atoms with Crippen LogP contribution in [0.25, 0.3) is 10.9 Å². The predicted molar refractivity (Wildman–Crippen MR) is 81.0 cm³/mol. The number of amides is 2. The van der Waals surface area contributed by atoms with Gasteiger partial charge in [0.2, 0.25) is 0 Å². The number of rotatable bonds is 7. The van der Waals surface area contributed by atoms with Crippen molar-refractivity contribution in [3.63, 3.8) is 0 Å². The predicted octanol–water partition coefficient (Wildman–Crippen LogP) is 1.36. The summed E-state index contributed by atoms with van der Waals surface area (Å²) in [7, 11) is 1.53. The minimum atomic E-state index is -0.552.